The normalized spacial score (nSPS) is 10.9. The van der Waals surface area contributed by atoms with E-state index in [9.17, 15) is 19.2 Å². The fourth-order valence-corrected chi connectivity index (χ4v) is 4.13. The lowest BCUT2D eigenvalue weighted by atomic mass is 10.2. The smallest absolute Gasteiger partial charge is 0.329 e. The third-order valence-electron chi connectivity index (χ3n) is 4.66. The van der Waals surface area contributed by atoms with Gasteiger partial charge in [-0.15, -0.1) is 11.3 Å². The Morgan fingerprint density at radius 2 is 1.93 bits per heavy atom. The summed E-state index contributed by atoms with van der Waals surface area (Å²) in [6.45, 7) is 3.65. The summed E-state index contributed by atoms with van der Waals surface area (Å²) in [6.07, 6.45) is 0.401. The second kappa shape index (κ2) is 8.44. The predicted molar refractivity (Wildman–Crippen MR) is 112 cm³/mol. The van der Waals surface area contributed by atoms with Gasteiger partial charge in [-0.05, 0) is 37.5 Å². The zero-order valence-corrected chi connectivity index (χ0v) is 17.1. The number of esters is 1. The van der Waals surface area contributed by atoms with Gasteiger partial charge in [0.15, 0.2) is 0 Å². The molecule has 0 saturated carbocycles. The minimum absolute atomic E-state index is 0.0826. The summed E-state index contributed by atoms with van der Waals surface area (Å²) in [5.74, 6) is -0.743. The van der Waals surface area contributed by atoms with Crippen LogP contribution in [0, 0.1) is 13.8 Å². The van der Waals surface area contributed by atoms with Crippen molar-refractivity contribution in [3.63, 3.8) is 0 Å². The Bertz CT molecular complexity index is 1210. The van der Waals surface area contributed by atoms with Gasteiger partial charge in [0.1, 0.15) is 4.83 Å². The summed E-state index contributed by atoms with van der Waals surface area (Å²) in [7, 11) is 1.28. The summed E-state index contributed by atoms with van der Waals surface area (Å²) in [5.41, 5.74) is 1.07. The predicted octanol–water partition coefficient (Wildman–Crippen LogP) is 2.57. The van der Waals surface area contributed by atoms with Crippen LogP contribution in [0.25, 0.3) is 10.2 Å². The van der Waals surface area contributed by atoms with Crippen molar-refractivity contribution in [2.45, 2.75) is 33.2 Å². The molecule has 0 radical (unpaired) electrons. The number of hydrogen-bond donors (Lipinski definition) is 2. The van der Waals surface area contributed by atoms with Gasteiger partial charge >= 0.3 is 11.7 Å². The van der Waals surface area contributed by atoms with E-state index in [1.807, 2.05) is 25.1 Å². The molecule has 0 aliphatic rings. The lowest BCUT2D eigenvalue weighted by Crippen LogP contribution is -2.35. The van der Waals surface area contributed by atoms with Crippen molar-refractivity contribution in [2.24, 2.45) is 0 Å². The van der Waals surface area contributed by atoms with E-state index in [4.69, 9.17) is 0 Å². The molecule has 3 aromatic rings. The number of nitrogens with one attached hydrogen (secondary N) is 2. The molecule has 29 heavy (non-hydrogen) atoms. The average Bonchev–Trinajstić information content (AvgIpc) is 3.02. The van der Waals surface area contributed by atoms with E-state index >= 15 is 0 Å². The average molecular weight is 415 g/mol. The van der Waals surface area contributed by atoms with E-state index in [0.717, 1.165) is 21.5 Å². The number of hydrogen-bond acceptors (Lipinski definition) is 6. The molecule has 0 atom stereocenters. The fraction of sp³-hybridized carbons (Fsp3) is 0.300. The Balaban J connectivity index is 1.95. The van der Waals surface area contributed by atoms with Crippen LogP contribution in [0.5, 0.6) is 0 Å². The molecule has 1 amide bonds. The number of carbonyl (C=O) groups is 2. The first-order valence-corrected chi connectivity index (χ1v) is 9.85. The lowest BCUT2D eigenvalue weighted by molar-refractivity contribution is -0.140. The Labute approximate surface area is 170 Å². The van der Waals surface area contributed by atoms with Gasteiger partial charge in [0.05, 0.1) is 17.4 Å². The lowest BCUT2D eigenvalue weighted by Gasteiger charge is -2.07. The van der Waals surface area contributed by atoms with Crippen molar-refractivity contribution >= 4 is 39.1 Å². The number of fused-ring (bicyclic) bond motifs is 1. The van der Waals surface area contributed by atoms with Crippen LogP contribution in [0.4, 0.5) is 5.69 Å². The number of thiophene rings is 1. The van der Waals surface area contributed by atoms with Crippen molar-refractivity contribution in [2.75, 3.05) is 12.4 Å². The largest absolute Gasteiger partial charge is 0.469 e. The second-order valence-corrected chi connectivity index (χ2v) is 7.62. The highest BCUT2D eigenvalue weighted by molar-refractivity contribution is 7.20. The molecule has 1 aromatic carbocycles. The first-order valence-electron chi connectivity index (χ1n) is 9.03. The first kappa shape index (κ1) is 20.5. The first-order chi connectivity index (χ1) is 13.8. The molecule has 0 spiro atoms. The molecule has 2 aromatic heterocycles. The van der Waals surface area contributed by atoms with Gasteiger partial charge in [0, 0.05) is 18.7 Å². The van der Waals surface area contributed by atoms with E-state index in [2.05, 4.69) is 15.0 Å². The number of para-hydroxylation sites is 1. The van der Waals surface area contributed by atoms with Gasteiger partial charge in [-0.1, -0.05) is 18.2 Å². The van der Waals surface area contributed by atoms with Gasteiger partial charge in [-0.2, -0.15) is 0 Å². The highest BCUT2D eigenvalue weighted by atomic mass is 32.1. The summed E-state index contributed by atoms with van der Waals surface area (Å²) in [5, 5.41) is 3.16. The molecule has 0 saturated heterocycles. The van der Waals surface area contributed by atoms with Crippen LogP contribution in [-0.4, -0.2) is 28.5 Å². The number of amides is 1. The van der Waals surface area contributed by atoms with Crippen molar-refractivity contribution in [1.29, 1.82) is 0 Å². The maximum atomic E-state index is 12.9. The van der Waals surface area contributed by atoms with Crippen molar-refractivity contribution in [3.8, 4) is 0 Å². The van der Waals surface area contributed by atoms with Crippen LogP contribution < -0.4 is 16.6 Å². The van der Waals surface area contributed by atoms with Crippen molar-refractivity contribution < 1.29 is 14.3 Å². The molecule has 8 nitrogen and oxygen atoms in total. The Morgan fingerprint density at radius 1 is 1.21 bits per heavy atom. The molecule has 0 aliphatic carbocycles. The minimum Gasteiger partial charge on any atom is -0.469 e. The zero-order chi connectivity index (χ0) is 21.1. The number of anilines is 1. The van der Waals surface area contributed by atoms with Crippen LogP contribution >= 0.6 is 11.3 Å². The molecule has 0 aliphatic heterocycles. The van der Waals surface area contributed by atoms with E-state index < -0.39 is 17.2 Å². The molecule has 9 heteroatoms. The van der Waals surface area contributed by atoms with Crippen LogP contribution in [0.15, 0.2) is 33.9 Å². The van der Waals surface area contributed by atoms with Crippen LogP contribution in [0.2, 0.25) is 0 Å². The number of methoxy groups -OCH3 is 1. The van der Waals surface area contributed by atoms with Gasteiger partial charge in [0.25, 0.3) is 11.5 Å². The maximum absolute atomic E-state index is 12.9. The van der Waals surface area contributed by atoms with Gasteiger partial charge in [-0.3, -0.25) is 23.9 Å². The van der Waals surface area contributed by atoms with E-state index in [-0.39, 0.29) is 18.9 Å². The number of H-pyrrole nitrogens is 1. The summed E-state index contributed by atoms with van der Waals surface area (Å²) in [4.78, 5) is 52.6. The van der Waals surface area contributed by atoms with Crippen molar-refractivity contribution in [1.82, 2.24) is 9.55 Å². The summed E-state index contributed by atoms with van der Waals surface area (Å²) in [6, 6.07) is 7.39. The van der Waals surface area contributed by atoms with E-state index in [1.165, 1.54) is 7.11 Å². The topological polar surface area (TPSA) is 110 Å². The Morgan fingerprint density at radius 3 is 2.62 bits per heavy atom. The number of carbonyl (C=O) groups excluding carboxylic acids is 2. The number of benzene rings is 1. The highest BCUT2D eigenvalue weighted by Gasteiger charge is 2.20. The molecule has 2 heterocycles. The molecule has 0 bridgehead atoms. The number of aromatic amines is 1. The third-order valence-corrected chi connectivity index (χ3v) is 5.87. The van der Waals surface area contributed by atoms with Crippen LogP contribution in [0.3, 0.4) is 0 Å². The minimum atomic E-state index is -0.570. The molecule has 152 valence electrons. The Hall–Kier alpha value is -3.20. The molecular formula is C20H21N3O5S. The number of rotatable bonds is 6. The Kier molecular flexibility index (Phi) is 5.97. The molecule has 0 fully saturated rings. The molecular weight excluding hydrogens is 394 g/mol. The van der Waals surface area contributed by atoms with Gasteiger partial charge < -0.3 is 10.1 Å². The number of aromatic nitrogens is 2. The highest BCUT2D eigenvalue weighted by Crippen LogP contribution is 2.27. The quantitative estimate of drug-likeness (QED) is 0.601. The monoisotopic (exact) mass is 415 g/mol. The fourth-order valence-electron chi connectivity index (χ4n) is 3.05. The summed E-state index contributed by atoms with van der Waals surface area (Å²) < 4.78 is 5.62. The van der Waals surface area contributed by atoms with E-state index in [1.54, 1.807) is 13.0 Å². The maximum Gasteiger partial charge on any atom is 0.329 e. The number of nitrogens with zero attached hydrogens (tertiary/aromatic N) is 1. The number of ether oxygens (including phenoxy) is 1. The van der Waals surface area contributed by atoms with Crippen LogP contribution in [0.1, 0.15) is 33.6 Å². The second-order valence-electron chi connectivity index (χ2n) is 6.60. The summed E-state index contributed by atoms with van der Waals surface area (Å²) >= 11 is 1.07. The van der Waals surface area contributed by atoms with Gasteiger partial charge in [-0.25, -0.2) is 4.79 Å². The van der Waals surface area contributed by atoms with Gasteiger partial charge in [0.2, 0.25) is 0 Å². The molecule has 2 N–H and O–H groups in total. The van der Waals surface area contributed by atoms with Crippen molar-refractivity contribution in [3.05, 3.63) is 61.1 Å². The number of aryl methyl sites for hydroxylation is 2. The SMILES string of the molecule is COC(=O)CCCn1c(=O)[nH]c2sc(C(=O)Nc3ccccc3C)c(C)c2c1=O. The van der Waals surface area contributed by atoms with E-state index in [0.29, 0.717) is 32.8 Å². The zero-order valence-electron chi connectivity index (χ0n) is 16.3. The molecule has 0 unspecified atom stereocenters. The van der Waals surface area contributed by atoms with Crippen LogP contribution in [-0.2, 0) is 16.1 Å². The third kappa shape index (κ3) is 4.14. The molecule has 3 rings (SSSR count). The standard InChI is InChI=1S/C20H21N3O5S/c1-11-7-4-5-8-13(11)21-17(25)16-12(2)15-18(29-16)22-20(27)23(19(15)26)10-6-9-14(24)28-3/h4-5,7-8H,6,9-10H2,1-3H3,(H,21,25)(H,22,27).